The summed E-state index contributed by atoms with van der Waals surface area (Å²) in [6.07, 6.45) is -2.81. The summed E-state index contributed by atoms with van der Waals surface area (Å²) >= 11 is 0. The molecular formula is C17H21F3N4O2. The van der Waals surface area contributed by atoms with E-state index in [1.165, 1.54) is 6.26 Å². The molecule has 0 atom stereocenters. The quantitative estimate of drug-likeness (QED) is 0.552. The first-order valence-electron chi connectivity index (χ1n) is 8.10. The van der Waals surface area contributed by atoms with Crippen LogP contribution in [0.15, 0.2) is 46.1 Å². The molecule has 1 aromatic heterocycles. The summed E-state index contributed by atoms with van der Waals surface area (Å²) < 4.78 is 45.6. The average Bonchev–Trinajstić information content (AvgIpc) is 3.11. The number of nitrogens with one attached hydrogen (secondary N) is 2. The normalized spacial score (nSPS) is 12.2. The fourth-order valence-corrected chi connectivity index (χ4v) is 2.04. The van der Waals surface area contributed by atoms with Gasteiger partial charge in [-0.15, -0.1) is 0 Å². The Balaban J connectivity index is 1.83. The van der Waals surface area contributed by atoms with Crippen molar-refractivity contribution in [2.24, 2.45) is 4.99 Å². The van der Waals surface area contributed by atoms with E-state index in [1.54, 1.807) is 18.2 Å². The minimum atomic E-state index is -4.31. The minimum absolute atomic E-state index is 0.0784. The molecule has 0 aliphatic carbocycles. The number of nitrogens with zero attached hydrogens (tertiary/aromatic N) is 2. The van der Waals surface area contributed by atoms with Crippen molar-refractivity contribution in [1.82, 2.24) is 15.8 Å². The molecule has 26 heavy (non-hydrogen) atoms. The van der Waals surface area contributed by atoms with Crippen LogP contribution in [0.1, 0.15) is 23.7 Å². The highest BCUT2D eigenvalue weighted by Crippen LogP contribution is 2.16. The molecule has 0 aliphatic heterocycles. The van der Waals surface area contributed by atoms with E-state index in [2.05, 4.69) is 25.5 Å². The second-order valence-corrected chi connectivity index (χ2v) is 5.46. The number of ether oxygens (including phenoxy) is 1. The van der Waals surface area contributed by atoms with Crippen molar-refractivity contribution in [1.29, 1.82) is 0 Å². The van der Waals surface area contributed by atoms with E-state index in [0.29, 0.717) is 31.2 Å². The van der Waals surface area contributed by atoms with Crippen LogP contribution in [-0.2, 0) is 24.4 Å². The summed E-state index contributed by atoms with van der Waals surface area (Å²) in [7, 11) is 0. The maximum Gasteiger partial charge on any atom is 0.411 e. The molecule has 2 N–H and O–H groups in total. The number of alkyl halides is 3. The Morgan fingerprint density at radius 1 is 1.15 bits per heavy atom. The standard InChI is InChI=1S/C17H21F3N4O2/c1-2-21-16(23-10-15-7-8-26-24-15)22-9-13-3-5-14(6-4-13)11-25-12-17(18,19)20/h3-8H,2,9-12H2,1H3,(H2,21,22,23). The molecule has 0 bridgehead atoms. The highest BCUT2D eigenvalue weighted by Gasteiger charge is 2.27. The van der Waals surface area contributed by atoms with E-state index in [9.17, 15) is 13.2 Å². The van der Waals surface area contributed by atoms with Crippen molar-refractivity contribution in [3.8, 4) is 0 Å². The summed E-state index contributed by atoms with van der Waals surface area (Å²) in [6.45, 7) is 2.26. The second-order valence-electron chi connectivity index (χ2n) is 5.46. The molecule has 0 unspecified atom stereocenters. The van der Waals surface area contributed by atoms with Crippen LogP contribution < -0.4 is 10.6 Å². The van der Waals surface area contributed by atoms with Gasteiger partial charge in [0.1, 0.15) is 18.6 Å². The predicted molar refractivity (Wildman–Crippen MR) is 90.3 cm³/mol. The summed E-state index contributed by atoms with van der Waals surface area (Å²) in [5.41, 5.74) is 2.38. The number of aliphatic imine (C=N–C) groups is 1. The Labute approximate surface area is 149 Å². The molecule has 0 saturated carbocycles. The van der Waals surface area contributed by atoms with Crippen molar-refractivity contribution < 1.29 is 22.4 Å². The molecule has 0 amide bonds. The summed E-state index contributed by atoms with van der Waals surface area (Å²) in [5, 5.41) is 10.1. The van der Waals surface area contributed by atoms with Crippen LogP contribution in [0.25, 0.3) is 0 Å². The Bertz CT molecular complexity index is 670. The average molecular weight is 370 g/mol. The van der Waals surface area contributed by atoms with Crippen molar-refractivity contribution in [2.75, 3.05) is 13.2 Å². The second kappa shape index (κ2) is 9.81. The van der Waals surface area contributed by atoms with E-state index in [1.807, 2.05) is 19.1 Å². The molecule has 6 nitrogen and oxygen atoms in total. The summed E-state index contributed by atoms with van der Waals surface area (Å²) in [5.74, 6) is 0.632. The third-order valence-corrected chi connectivity index (χ3v) is 3.25. The number of hydrogen-bond donors (Lipinski definition) is 2. The van der Waals surface area contributed by atoms with Crippen LogP contribution in [0.4, 0.5) is 13.2 Å². The van der Waals surface area contributed by atoms with Gasteiger partial charge in [0, 0.05) is 12.6 Å². The van der Waals surface area contributed by atoms with Crippen LogP contribution >= 0.6 is 0 Å². The van der Waals surface area contributed by atoms with Gasteiger partial charge in [0.05, 0.1) is 19.7 Å². The van der Waals surface area contributed by atoms with Gasteiger partial charge in [0.2, 0.25) is 0 Å². The van der Waals surface area contributed by atoms with E-state index in [-0.39, 0.29) is 6.61 Å². The molecule has 0 radical (unpaired) electrons. The maximum atomic E-state index is 12.1. The van der Waals surface area contributed by atoms with Gasteiger partial charge in [-0.1, -0.05) is 29.4 Å². The zero-order valence-corrected chi connectivity index (χ0v) is 14.3. The number of aromatic nitrogens is 1. The van der Waals surface area contributed by atoms with Gasteiger partial charge < -0.3 is 19.9 Å². The Hall–Kier alpha value is -2.55. The minimum Gasteiger partial charge on any atom is -0.367 e. The Morgan fingerprint density at radius 3 is 2.50 bits per heavy atom. The van der Waals surface area contributed by atoms with Crippen molar-refractivity contribution in [3.63, 3.8) is 0 Å². The molecule has 1 heterocycles. The molecule has 2 aromatic rings. The van der Waals surface area contributed by atoms with Gasteiger partial charge in [0.25, 0.3) is 0 Å². The SMILES string of the molecule is CCNC(=NCc1ccc(COCC(F)(F)F)cc1)NCc1ccon1. The van der Waals surface area contributed by atoms with Gasteiger partial charge in [-0.2, -0.15) is 13.2 Å². The summed E-state index contributed by atoms with van der Waals surface area (Å²) in [6, 6.07) is 8.86. The first-order chi connectivity index (χ1) is 12.5. The fraction of sp³-hybridized carbons (Fsp3) is 0.412. The molecule has 0 spiro atoms. The van der Waals surface area contributed by atoms with Crippen LogP contribution in [0.5, 0.6) is 0 Å². The lowest BCUT2D eigenvalue weighted by molar-refractivity contribution is -0.176. The van der Waals surface area contributed by atoms with Crippen LogP contribution in [0, 0.1) is 0 Å². The topological polar surface area (TPSA) is 71.7 Å². The molecule has 142 valence electrons. The lowest BCUT2D eigenvalue weighted by Gasteiger charge is -2.10. The number of benzene rings is 1. The van der Waals surface area contributed by atoms with Crippen molar-refractivity contribution >= 4 is 5.96 Å². The first kappa shape index (κ1) is 19.8. The number of hydrogen-bond acceptors (Lipinski definition) is 4. The first-order valence-corrected chi connectivity index (χ1v) is 8.10. The van der Waals surface area contributed by atoms with Crippen molar-refractivity contribution in [2.45, 2.75) is 32.8 Å². The monoisotopic (exact) mass is 370 g/mol. The number of halogens is 3. The lowest BCUT2D eigenvalue weighted by Crippen LogP contribution is -2.36. The highest BCUT2D eigenvalue weighted by molar-refractivity contribution is 5.79. The lowest BCUT2D eigenvalue weighted by atomic mass is 10.1. The van der Waals surface area contributed by atoms with Gasteiger partial charge >= 0.3 is 6.18 Å². The van der Waals surface area contributed by atoms with Gasteiger partial charge in [-0.3, -0.25) is 0 Å². The largest absolute Gasteiger partial charge is 0.411 e. The number of rotatable bonds is 8. The molecule has 9 heteroatoms. The zero-order chi connectivity index (χ0) is 18.8. The molecular weight excluding hydrogens is 349 g/mol. The molecule has 0 fully saturated rings. The van der Waals surface area contributed by atoms with Crippen LogP contribution in [0.2, 0.25) is 0 Å². The van der Waals surface area contributed by atoms with E-state index in [0.717, 1.165) is 11.3 Å². The van der Waals surface area contributed by atoms with Crippen LogP contribution in [-0.4, -0.2) is 30.4 Å². The molecule has 0 aliphatic rings. The van der Waals surface area contributed by atoms with E-state index >= 15 is 0 Å². The van der Waals surface area contributed by atoms with Crippen molar-refractivity contribution in [3.05, 3.63) is 53.4 Å². The Morgan fingerprint density at radius 2 is 1.88 bits per heavy atom. The third kappa shape index (κ3) is 7.56. The number of guanidine groups is 1. The summed E-state index contributed by atoms with van der Waals surface area (Å²) in [4.78, 5) is 4.46. The Kier molecular flexibility index (Phi) is 7.46. The zero-order valence-electron chi connectivity index (χ0n) is 14.3. The molecule has 1 aromatic carbocycles. The molecule has 2 rings (SSSR count). The highest BCUT2D eigenvalue weighted by atomic mass is 19.4. The van der Waals surface area contributed by atoms with E-state index < -0.39 is 12.8 Å². The van der Waals surface area contributed by atoms with Gasteiger partial charge in [-0.05, 0) is 18.1 Å². The fourth-order valence-electron chi connectivity index (χ4n) is 2.04. The predicted octanol–water partition coefficient (Wildman–Crippen LogP) is 3.01. The van der Waals surface area contributed by atoms with E-state index in [4.69, 9.17) is 4.52 Å². The molecule has 0 saturated heterocycles. The van der Waals surface area contributed by atoms with Gasteiger partial charge in [-0.25, -0.2) is 4.99 Å². The van der Waals surface area contributed by atoms with Crippen LogP contribution in [0.3, 0.4) is 0 Å². The smallest absolute Gasteiger partial charge is 0.367 e. The maximum absolute atomic E-state index is 12.1. The van der Waals surface area contributed by atoms with Gasteiger partial charge in [0.15, 0.2) is 5.96 Å². The third-order valence-electron chi connectivity index (χ3n) is 3.25.